The van der Waals surface area contributed by atoms with E-state index in [1.165, 1.54) is 51.1 Å². The molecule has 2 aromatic rings. The molecule has 246 valence electrons. The number of aliphatic hydroxyl groups is 1. The summed E-state index contributed by atoms with van der Waals surface area (Å²) in [5.41, 5.74) is 7.61. The zero-order valence-corrected chi connectivity index (χ0v) is 28.3. The van der Waals surface area contributed by atoms with Gasteiger partial charge in [0.1, 0.15) is 6.29 Å². The maximum Gasteiger partial charge on any atom is 0.169 e. The first-order chi connectivity index (χ1) is 22.0. The normalized spacial score (nSPS) is 30.0. The molecule has 5 unspecified atom stereocenters. The van der Waals surface area contributed by atoms with Gasteiger partial charge in [-0.3, -0.25) is 4.79 Å². The first-order valence-electron chi connectivity index (χ1n) is 17.0. The van der Waals surface area contributed by atoms with Crippen LogP contribution in [0.4, 0.5) is 0 Å². The Bertz CT molecular complexity index is 1470. The summed E-state index contributed by atoms with van der Waals surface area (Å²) in [7, 11) is 1.19. The second-order valence-electron chi connectivity index (χ2n) is 15.0. The van der Waals surface area contributed by atoms with Crippen molar-refractivity contribution in [1.82, 2.24) is 0 Å². The Kier molecular flexibility index (Phi) is 10.7. The van der Waals surface area contributed by atoms with E-state index >= 15 is 0 Å². The van der Waals surface area contributed by atoms with E-state index in [2.05, 4.69) is 37.8 Å². The topological polar surface area (TPSA) is 85.2 Å². The van der Waals surface area contributed by atoms with Crippen LogP contribution in [0.1, 0.15) is 106 Å². The molecule has 6 heteroatoms. The van der Waals surface area contributed by atoms with Crippen molar-refractivity contribution in [3.8, 4) is 11.8 Å². The van der Waals surface area contributed by atoms with Crippen LogP contribution in [-0.2, 0) is 9.47 Å². The van der Waals surface area contributed by atoms with Crippen molar-refractivity contribution < 1.29 is 19.4 Å². The standard InChI is InChI=1S/C23H36O3.C16H12O.CH3NO/c1-21(2)13-25-23(26-14-21)11-9-16-15(12-23)4-5-18-17(16)8-10-22(3)19(18)6-7-20(22)24;1-13-5-7-14(8-6-13)9-10-15-3-2-4-16(11-15)12-17;1-2-3/h15,18-20,24H,4-14H2,1-3H3;2-8,11-12H,1H3;1H3. The number of carbonyl (C=O) groups is 1. The number of hydrogen-bond donors (Lipinski definition) is 1. The van der Waals surface area contributed by atoms with Crippen LogP contribution in [0.3, 0.4) is 0 Å². The molecule has 5 aliphatic rings. The molecule has 0 bridgehead atoms. The zero-order chi connectivity index (χ0) is 33.0. The molecule has 2 aromatic carbocycles. The predicted octanol–water partition coefficient (Wildman–Crippen LogP) is 8.42. The summed E-state index contributed by atoms with van der Waals surface area (Å²) in [4.78, 5) is 19.2. The van der Waals surface area contributed by atoms with Gasteiger partial charge in [0.25, 0.3) is 0 Å². The molecule has 3 saturated carbocycles. The minimum atomic E-state index is -0.302. The Balaban J connectivity index is 0.000000181. The largest absolute Gasteiger partial charge is 0.393 e. The first kappa shape index (κ1) is 34.2. The van der Waals surface area contributed by atoms with Gasteiger partial charge in [-0.05, 0) is 99.3 Å². The predicted molar refractivity (Wildman–Crippen MR) is 182 cm³/mol. The fraction of sp³-hybridized carbons (Fsp3) is 0.575. The highest BCUT2D eigenvalue weighted by atomic mass is 16.7. The molecule has 1 spiro atoms. The van der Waals surface area contributed by atoms with Gasteiger partial charge in [-0.15, -0.1) is 0 Å². The molecule has 1 aliphatic heterocycles. The lowest BCUT2D eigenvalue weighted by Crippen LogP contribution is -2.51. The van der Waals surface area contributed by atoms with Crippen molar-refractivity contribution in [2.75, 3.05) is 20.3 Å². The van der Waals surface area contributed by atoms with Gasteiger partial charge in [0.2, 0.25) is 0 Å². The molecule has 0 amide bonds. The van der Waals surface area contributed by atoms with Crippen LogP contribution in [0.25, 0.3) is 0 Å². The number of rotatable bonds is 1. The van der Waals surface area contributed by atoms with E-state index in [9.17, 15) is 9.90 Å². The highest BCUT2D eigenvalue weighted by Crippen LogP contribution is 2.61. The molecule has 4 fully saturated rings. The van der Waals surface area contributed by atoms with Crippen LogP contribution in [-0.4, -0.2) is 43.5 Å². The third-order valence-electron chi connectivity index (χ3n) is 11.2. The molecule has 46 heavy (non-hydrogen) atoms. The summed E-state index contributed by atoms with van der Waals surface area (Å²) in [6, 6.07) is 15.3. The number of allylic oxidation sites excluding steroid dienone is 2. The molecule has 4 aliphatic carbocycles. The Morgan fingerprint density at radius 1 is 0.891 bits per heavy atom. The monoisotopic (exact) mass is 625 g/mol. The number of ether oxygens (including phenoxy) is 2. The molecule has 0 radical (unpaired) electrons. The van der Waals surface area contributed by atoms with Gasteiger partial charge in [-0.1, -0.05) is 78.8 Å². The van der Waals surface area contributed by atoms with E-state index < -0.39 is 0 Å². The fourth-order valence-corrected chi connectivity index (χ4v) is 8.54. The number of carbonyl (C=O) groups excluding carboxylic acids is 1. The summed E-state index contributed by atoms with van der Waals surface area (Å²) in [5, 5.41) is 12.8. The summed E-state index contributed by atoms with van der Waals surface area (Å²) < 4.78 is 12.7. The molecule has 7 rings (SSSR count). The van der Waals surface area contributed by atoms with Crippen molar-refractivity contribution in [2.45, 2.75) is 97.4 Å². The van der Waals surface area contributed by atoms with Gasteiger partial charge in [0.05, 0.1) is 26.4 Å². The molecular formula is C40H51NO5. The van der Waals surface area contributed by atoms with E-state index in [0.717, 1.165) is 55.8 Å². The lowest BCUT2D eigenvalue weighted by molar-refractivity contribution is -0.312. The first-order valence-corrected chi connectivity index (χ1v) is 17.0. The average molecular weight is 626 g/mol. The van der Waals surface area contributed by atoms with Crippen molar-refractivity contribution >= 4 is 6.29 Å². The SMILES string of the molecule is CC1(C)COC2(CCC3=C4CCC5(C)C(O)CCC5C4CCC3C2)OC1.CN=O.Cc1ccc(C#Cc2cccc(C=O)c2)cc1. The van der Waals surface area contributed by atoms with Crippen LogP contribution >= 0.6 is 0 Å². The lowest BCUT2D eigenvalue weighted by Gasteiger charge is -2.53. The van der Waals surface area contributed by atoms with Crippen LogP contribution < -0.4 is 0 Å². The van der Waals surface area contributed by atoms with E-state index in [1.807, 2.05) is 43.3 Å². The summed E-state index contributed by atoms with van der Waals surface area (Å²) in [5.74, 6) is 7.96. The quantitative estimate of drug-likeness (QED) is 0.149. The van der Waals surface area contributed by atoms with Crippen LogP contribution in [0, 0.1) is 52.3 Å². The molecule has 1 saturated heterocycles. The molecule has 0 aromatic heterocycles. The maximum absolute atomic E-state index is 10.6. The van der Waals surface area contributed by atoms with Crippen LogP contribution in [0.15, 0.2) is 64.9 Å². The molecule has 1 heterocycles. The highest BCUT2D eigenvalue weighted by Gasteiger charge is 2.55. The Morgan fingerprint density at radius 2 is 1.57 bits per heavy atom. The molecular weight excluding hydrogens is 574 g/mol. The van der Waals surface area contributed by atoms with E-state index in [-0.39, 0.29) is 22.7 Å². The zero-order valence-electron chi connectivity index (χ0n) is 28.3. The van der Waals surface area contributed by atoms with Gasteiger partial charge < -0.3 is 14.6 Å². The summed E-state index contributed by atoms with van der Waals surface area (Å²) >= 11 is 0. The van der Waals surface area contributed by atoms with Gasteiger partial charge in [-0.2, -0.15) is 4.91 Å². The number of benzene rings is 2. The van der Waals surface area contributed by atoms with E-state index in [4.69, 9.17) is 14.4 Å². The number of nitrogens with zero attached hydrogens (tertiary/aromatic N) is 1. The molecule has 1 N–H and O–H groups in total. The van der Waals surface area contributed by atoms with Gasteiger partial charge in [-0.25, -0.2) is 0 Å². The summed E-state index contributed by atoms with van der Waals surface area (Å²) in [6.07, 6.45) is 11.3. The lowest BCUT2D eigenvalue weighted by atomic mass is 9.56. The second kappa shape index (κ2) is 14.3. The van der Waals surface area contributed by atoms with Crippen molar-refractivity contribution in [3.63, 3.8) is 0 Å². The maximum atomic E-state index is 10.6. The van der Waals surface area contributed by atoms with Crippen LogP contribution in [0.5, 0.6) is 0 Å². The number of aliphatic hydroxyl groups excluding tert-OH is 1. The van der Waals surface area contributed by atoms with Crippen molar-refractivity contribution in [1.29, 1.82) is 0 Å². The number of fused-ring (bicyclic) bond motifs is 4. The van der Waals surface area contributed by atoms with Crippen molar-refractivity contribution in [2.24, 2.45) is 33.8 Å². The minimum Gasteiger partial charge on any atom is -0.393 e. The second-order valence-corrected chi connectivity index (χ2v) is 15.0. The number of aldehydes is 1. The molecule has 6 nitrogen and oxygen atoms in total. The number of aryl methyl sites for hydroxylation is 1. The van der Waals surface area contributed by atoms with Crippen molar-refractivity contribution in [3.05, 3.63) is 86.8 Å². The van der Waals surface area contributed by atoms with Gasteiger partial charge in [0, 0.05) is 34.9 Å². The Morgan fingerprint density at radius 3 is 2.26 bits per heavy atom. The highest BCUT2D eigenvalue weighted by molar-refractivity contribution is 5.75. The van der Waals surface area contributed by atoms with Gasteiger partial charge >= 0.3 is 0 Å². The number of nitroso groups, excluding NO2 is 1. The van der Waals surface area contributed by atoms with Crippen LogP contribution in [0.2, 0.25) is 0 Å². The fourth-order valence-electron chi connectivity index (χ4n) is 8.54. The Hall–Kier alpha value is -3.11. The summed E-state index contributed by atoms with van der Waals surface area (Å²) in [6.45, 7) is 10.5. The minimum absolute atomic E-state index is 0.0706. The third-order valence-corrected chi connectivity index (χ3v) is 11.2. The Labute approximate surface area is 275 Å². The van der Waals surface area contributed by atoms with Gasteiger partial charge in [0.15, 0.2) is 5.79 Å². The number of hydrogen-bond acceptors (Lipinski definition) is 6. The van der Waals surface area contributed by atoms with E-state index in [1.54, 1.807) is 23.3 Å². The molecule has 5 atom stereocenters. The van der Waals surface area contributed by atoms with E-state index in [0.29, 0.717) is 17.4 Å². The average Bonchev–Trinajstić information content (AvgIpc) is 3.37. The third kappa shape index (κ3) is 7.54. The smallest absolute Gasteiger partial charge is 0.169 e.